The highest BCUT2D eigenvalue weighted by Gasteiger charge is 2.01. The molecule has 1 aromatic carbocycles. The van der Waals surface area contributed by atoms with Crippen LogP contribution in [0.1, 0.15) is 25.0 Å². The van der Waals surface area contributed by atoms with Crippen LogP contribution in [0.3, 0.4) is 0 Å². The molecule has 1 rings (SSSR count). The molecule has 0 aliphatic carbocycles. The Labute approximate surface area is 103 Å². The van der Waals surface area contributed by atoms with Crippen molar-refractivity contribution in [1.29, 1.82) is 0 Å². The minimum Gasteiger partial charge on any atom is -0.393 e. The molecule has 16 heavy (non-hydrogen) atoms. The van der Waals surface area contributed by atoms with Crippen LogP contribution >= 0.6 is 12.2 Å². The van der Waals surface area contributed by atoms with Gasteiger partial charge in [-0.25, -0.2) is 0 Å². The van der Waals surface area contributed by atoms with Crippen LogP contribution in [0.25, 0.3) is 0 Å². The summed E-state index contributed by atoms with van der Waals surface area (Å²) < 4.78 is 0. The average Bonchev–Trinajstić information content (AvgIpc) is 2.27. The van der Waals surface area contributed by atoms with E-state index in [1.165, 1.54) is 11.1 Å². The predicted octanol–water partition coefficient (Wildman–Crippen LogP) is 2.36. The lowest BCUT2D eigenvalue weighted by Gasteiger charge is -2.18. The molecule has 2 nitrogen and oxygen atoms in total. The number of nitrogens with zero attached hydrogens (tertiary/aromatic N) is 1. The van der Waals surface area contributed by atoms with Crippen LogP contribution in [0.15, 0.2) is 24.3 Å². The summed E-state index contributed by atoms with van der Waals surface area (Å²) in [6, 6.07) is 8.54. The SMILES string of the molecule is CCN(CC)Cc1ccc(CC(N)=S)cc1. The zero-order valence-electron chi connectivity index (χ0n) is 10.1. The van der Waals surface area contributed by atoms with Crippen LogP contribution in [0.5, 0.6) is 0 Å². The Morgan fingerprint density at radius 3 is 2.06 bits per heavy atom. The summed E-state index contributed by atoms with van der Waals surface area (Å²) in [6.07, 6.45) is 0.695. The normalized spacial score (nSPS) is 10.7. The van der Waals surface area contributed by atoms with Crippen molar-refractivity contribution in [3.63, 3.8) is 0 Å². The van der Waals surface area contributed by atoms with Gasteiger partial charge in [0.25, 0.3) is 0 Å². The zero-order valence-corrected chi connectivity index (χ0v) is 10.9. The van der Waals surface area contributed by atoms with Crippen molar-refractivity contribution in [2.45, 2.75) is 26.8 Å². The van der Waals surface area contributed by atoms with Gasteiger partial charge in [0.1, 0.15) is 0 Å². The van der Waals surface area contributed by atoms with Crippen molar-refractivity contribution in [2.24, 2.45) is 5.73 Å². The molecule has 0 unspecified atom stereocenters. The van der Waals surface area contributed by atoms with E-state index in [9.17, 15) is 0 Å². The Hall–Kier alpha value is -0.930. The Morgan fingerprint density at radius 1 is 1.12 bits per heavy atom. The van der Waals surface area contributed by atoms with Crippen LogP contribution in [0.2, 0.25) is 0 Å². The zero-order chi connectivity index (χ0) is 12.0. The number of nitrogens with two attached hydrogens (primary N) is 1. The molecule has 0 aliphatic heterocycles. The Kier molecular flexibility index (Phi) is 5.43. The molecule has 0 saturated carbocycles. The van der Waals surface area contributed by atoms with E-state index < -0.39 is 0 Å². The van der Waals surface area contributed by atoms with Gasteiger partial charge in [0.15, 0.2) is 0 Å². The molecular formula is C13H20N2S. The van der Waals surface area contributed by atoms with Gasteiger partial charge < -0.3 is 5.73 Å². The van der Waals surface area contributed by atoms with Crippen molar-refractivity contribution < 1.29 is 0 Å². The van der Waals surface area contributed by atoms with Gasteiger partial charge in [-0.3, -0.25) is 4.90 Å². The van der Waals surface area contributed by atoms with Gasteiger partial charge in [-0.2, -0.15) is 0 Å². The molecule has 0 saturated heterocycles. The summed E-state index contributed by atoms with van der Waals surface area (Å²) in [7, 11) is 0. The molecule has 0 amide bonds. The van der Waals surface area contributed by atoms with Gasteiger partial charge in [0.05, 0.1) is 4.99 Å². The molecular weight excluding hydrogens is 216 g/mol. The molecule has 0 aromatic heterocycles. The molecule has 0 fully saturated rings. The first-order valence-electron chi connectivity index (χ1n) is 5.74. The summed E-state index contributed by atoms with van der Waals surface area (Å²) in [4.78, 5) is 2.94. The predicted molar refractivity (Wildman–Crippen MR) is 73.6 cm³/mol. The quantitative estimate of drug-likeness (QED) is 0.769. The molecule has 0 atom stereocenters. The second-order valence-electron chi connectivity index (χ2n) is 3.92. The highest BCUT2D eigenvalue weighted by atomic mass is 32.1. The van der Waals surface area contributed by atoms with E-state index in [0.717, 1.165) is 19.6 Å². The van der Waals surface area contributed by atoms with Gasteiger partial charge in [-0.1, -0.05) is 50.3 Å². The fourth-order valence-corrected chi connectivity index (χ4v) is 1.84. The van der Waals surface area contributed by atoms with Crippen LogP contribution in [-0.4, -0.2) is 23.0 Å². The van der Waals surface area contributed by atoms with Crippen molar-refractivity contribution in [3.05, 3.63) is 35.4 Å². The monoisotopic (exact) mass is 236 g/mol. The second kappa shape index (κ2) is 6.61. The maximum Gasteiger partial charge on any atom is 0.0771 e. The van der Waals surface area contributed by atoms with Gasteiger partial charge in [-0.05, 0) is 24.2 Å². The van der Waals surface area contributed by atoms with Gasteiger partial charge >= 0.3 is 0 Å². The minimum atomic E-state index is 0.552. The smallest absolute Gasteiger partial charge is 0.0771 e. The van der Waals surface area contributed by atoms with Gasteiger partial charge in [-0.15, -0.1) is 0 Å². The highest BCUT2D eigenvalue weighted by molar-refractivity contribution is 7.80. The molecule has 0 aliphatic rings. The molecule has 88 valence electrons. The van der Waals surface area contributed by atoms with Crippen molar-refractivity contribution >= 4 is 17.2 Å². The standard InChI is InChI=1S/C13H20N2S/c1-3-15(4-2)10-12-7-5-11(6-8-12)9-13(14)16/h5-8H,3-4,9-10H2,1-2H3,(H2,14,16). The Balaban J connectivity index is 2.60. The van der Waals surface area contributed by atoms with E-state index in [2.05, 4.69) is 43.0 Å². The summed E-state index contributed by atoms with van der Waals surface area (Å²) in [5.41, 5.74) is 8.04. The number of hydrogen-bond acceptors (Lipinski definition) is 2. The topological polar surface area (TPSA) is 29.3 Å². The van der Waals surface area contributed by atoms with Crippen LogP contribution < -0.4 is 5.73 Å². The number of thiocarbonyl (C=S) groups is 1. The summed E-state index contributed by atoms with van der Waals surface area (Å²) in [5.74, 6) is 0. The molecule has 0 radical (unpaired) electrons. The molecule has 0 spiro atoms. The maximum atomic E-state index is 5.51. The van der Waals surface area contributed by atoms with Crippen molar-refractivity contribution in [2.75, 3.05) is 13.1 Å². The average molecular weight is 236 g/mol. The second-order valence-corrected chi connectivity index (χ2v) is 4.45. The van der Waals surface area contributed by atoms with Gasteiger partial charge in [0.2, 0.25) is 0 Å². The largest absolute Gasteiger partial charge is 0.393 e. The van der Waals surface area contributed by atoms with E-state index in [1.54, 1.807) is 0 Å². The lowest BCUT2D eigenvalue weighted by atomic mass is 10.1. The Morgan fingerprint density at radius 2 is 1.62 bits per heavy atom. The lowest BCUT2D eigenvalue weighted by Crippen LogP contribution is -2.22. The fraction of sp³-hybridized carbons (Fsp3) is 0.462. The van der Waals surface area contributed by atoms with Crippen LogP contribution in [0.4, 0.5) is 0 Å². The van der Waals surface area contributed by atoms with E-state index in [1.807, 2.05) is 0 Å². The molecule has 3 heteroatoms. The number of rotatable bonds is 6. The summed E-state index contributed by atoms with van der Waals surface area (Å²) in [5, 5.41) is 0. The summed E-state index contributed by atoms with van der Waals surface area (Å²) >= 11 is 4.89. The molecule has 1 aromatic rings. The molecule has 0 bridgehead atoms. The molecule has 2 N–H and O–H groups in total. The lowest BCUT2D eigenvalue weighted by molar-refractivity contribution is 0.296. The number of hydrogen-bond donors (Lipinski definition) is 1. The van der Waals surface area contributed by atoms with E-state index >= 15 is 0 Å². The van der Waals surface area contributed by atoms with E-state index in [-0.39, 0.29) is 0 Å². The first-order chi connectivity index (χ1) is 7.65. The van der Waals surface area contributed by atoms with Crippen LogP contribution in [-0.2, 0) is 13.0 Å². The highest BCUT2D eigenvalue weighted by Crippen LogP contribution is 2.08. The van der Waals surface area contributed by atoms with E-state index in [0.29, 0.717) is 11.4 Å². The first-order valence-corrected chi connectivity index (χ1v) is 6.15. The van der Waals surface area contributed by atoms with E-state index in [4.69, 9.17) is 18.0 Å². The van der Waals surface area contributed by atoms with Gasteiger partial charge in [0, 0.05) is 13.0 Å². The first kappa shape index (κ1) is 13.1. The fourth-order valence-electron chi connectivity index (χ4n) is 1.67. The third-order valence-corrected chi connectivity index (χ3v) is 2.85. The third-order valence-electron chi connectivity index (χ3n) is 2.70. The maximum absolute atomic E-state index is 5.51. The summed E-state index contributed by atoms with van der Waals surface area (Å²) in [6.45, 7) is 7.56. The van der Waals surface area contributed by atoms with Crippen LogP contribution in [0, 0.1) is 0 Å². The van der Waals surface area contributed by atoms with Crippen molar-refractivity contribution in [3.8, 4) is 0 Å². The minimum absolute atomic E-state index is 0.552. The number of benzene rings is 1. The Bertz CT molecular complexity index is 328. The van der Waals surface area contributed by atoms with Crippen molar-refractivity contribution in [1.82, 2.24) is 4.90 Å². The molecule has 0 heterocycles. The third kappa shape index (κ3) is 4.29.